The van der Waals surface area contributed by atoms with E-state index in [1.54, 1.807) is 0 Å². The molecule has 1 aromatic heterocycles. The number of nitrogens with one attached hydrogen (secondary N) is 2. The van der Waals surface area contributed by atoms with Crippen molar-refractivity contribution in [2.75, 3.05) is 0 Å². The first kappa shape index (κ1) is 6.03. The average molecular weight is 144 g/mol. The molecule has 1 aromatic rings. The van der Waals surface area contributed by atoms with E-state index in [1.807, 2.05) is 0 Å². The first-order chi connectivity index (χ1) is 4.24. The number of hydrogen-bond donors (Lipinski definition) is 3. The van der Waals surface area contributed by atoms with Crippen LogP contribution in [0.5, 0.6) is 5.88 Å². The van der Waals surface area contributed by atoms with Gasteiger partial charge in [0.15, 0.2) is 11.1 Å². The Hall–Kier alpha value is -1.10. The Labute approximate surface area is 55.5 Å². The maximum atomic E-state index is 9.98. The molecule has 0 saturated heterocycles. The summed E-state index contributed by atoms with van der Waals surface area (Å²) in [5.41, 5.74) is 0.0833. The highest BCUT2D eigenvalue weighted by Crippen LogP contribution is 2.06. The molecule has 4 nitrogen and oxygen atoms in total. The molecular formula is C4H4N2O2S. The predicted octanol–water partition coefficient (Wildman–Crippen LogP) is 0.590. The van der Waals surface area contributed by atoms with Gasteiger partial charge in [-0.25, -0.2) is 0 Å². The largest absolute Gasteiger partial charge is 0.493 e. The van der Waals surface area contributed by atoms with Crippen LogP contribution in [0.1, 0.15) is 10.5 Å². The normalized spacial score (nSPS) is 9.33. The lowest BCUT2D eigenvalue weighted by Crippen LogP contribution is -1.76. The number of aldehydes is 1. The third-order valence-corrected chi connectivity index (χ3v) is 1.06. The van der Waals surface area contributed by atoms with E-state index in [0.717, 1.165) is 0 Å². The Morgan fingerprint density at radius 1 is 1.56 bits per heavy atom. The van der Waals surface area contributed by atoms with Gasteiger partial charge in [0.25, 0.3) is 0 Å². The molecule has 0 atom stereocenters. The Morgan fingerprint density at radius 2 is 2.22 bits per heavy atom. The second-order valence-corrected chi connectivity index (χ2v) is 1.87. The minimum atomic E-state index is -0.213. The Bertz CT molecular complexity index is 274. The quantitative estimate of drug-likeness (QED) is 0.399. The van der Waals surface area contributed by atoms with Gasteiger partial charge in [-0.1, -0.05) is 0 Å². The Kier molecular flexibility index (Phi) is 1.35. The lowest BCUT2D eigenvalue weighted by atomic mass is 10.5. The number of rotatable bonds is 1. The van der Waals surface area contributed by atoms with Gasteiger partial charge in [-0.2, -0.15) is 0 Å². The van der Waals surface area contributed by atoms with Crippen LogP contribution in [0.15, 0.2) is 0 Å². The number of carbonyl (C=O) groups is 1. The van der Waals surface area contributed by atoms with Crippen LogP contribution in [0.4, 0.5) is 0 Å². The molecule has 9 heavy (non-hydrogen) atoms. The van der Waals surface area contributed by atoms with Gasteiger partial charge in [-0.3, -0.25) is 4.79 Å². The fraction of sp³-hybridized carbons (Fsp3) is 0. The summed E-state index contributed by atoms with van der Waals surface area (Å²) in [5.74, 6) is -0.213. The van der Waals surface area contributed by atoms with Crippen LogP contribution in [0.25, 0.3) is 0 Å². The molecule has 48 valence electrons. The first-order valence-electron chi connectivity index (χ1n) is 2.20. The molecule has 1 heterocycles. The molecule has 0 aromatic carbocycles. The number of hydrogen-bond acceptors (Lipinski definition) is 3. The third-order valence-electron chi connectivity index (χ3n) is 0.853. The summed E-state index contributed by atoms with van der Waals surface area (Å²) >= 11 is 4.56. The van der Waals surface area contributed by atoms with Crippen LogP contribution in [0, 0.1) is 4.77 Å². The Morgan fingerprint density at radius 3 is 2.44 bits per heavy atom. The summed E-state index contributed by atoms with van der Waals surface area (Å²) in [7, 11) is 0. The fourth-order valence-corrected chi connectivity index (χ4v) is 0.680. The monoisotopic (exact) mass is 144 g/mol. The van der Waals surface area contributed by atoms with Gasteiger partial charge in [0.05, 0.1) is 0 Å². The maximum Gasteiger partial charge on any atom is 0.218 e. The number of H-pyrrole nitrogens is 2. The van der Waals surface area contributed by atoms with Gasteiger partial charge in [0, 0.05) is 0 Å². The van der Waals surface area contributed by atoms with Crippen LogP contribution < -0.4 is 0 Å². The van der Waals surface area contributed by atoms with Crippen LogP contribution >= 0.6 is 12.2 Å². The molecule has 1 rings (SSSR count). The minimum absolute atomic E-state index is 0.0833. The number of imidazole rings is 1. The molecule has 0 aliphatic heterocycles. The van der Waals surface area contributed by atoms with E-state index in [2.05, 4.69) is 22.2 Å². The minimum Gasteiger partial charge on any atom is -0.493 e. The zero-order valence-electron chi connectivity index (χ0n) is 4.34. The van der Waals surface area contributed by atoms with Gasteiger partial charge in [0.2, 0.25) is 5.88 Å². The molecular weight excluding hydrogens is 140 g/mol. The van der Waals surface area contributed by atoms with Crippen molar-refractivity contribution in [1.82, 2.24) is 9.97 Å². The summed E-state index contributed by atoms with van der Waals surface area (Å²) < 4.78 is 0.245. The second-order valence-electron chi connectivity index (χ2n) is 1.46. The van der Waals surface area contributed by atoms with Crippen molar-refractivity contribution >= 4 is 18.5 Å². The van der Waals surface area contributed by atoms with Crippen molar-refractivity contribution < 1.29 is 9.90 Å². The number of aromatic nitrogens is 2. The molecule has 0 unspecified atom stereocenters. The standard InChI is InChI=1S/C4H4N2O2S/c7-1-2-3(8)6-4(9)5-2/h1,8H,(H2,5,6,9). The van der Waals surface area contributed by atoms with Crippen LogP contribution in [0.3, 0.4) is 0 Å². The first-order valence-corrected chi connectivity index (χ1v) is 2.61. The third kappa shape index (κ3) is 0.996. The fourth-order valence-electron chi connectivity index (χ4n) is 0.473. The van der Waals surface area contributed by atoms with Crippen molar-refractivity contribution in [3.05, 3.63) is 10.5 Å². The number of carbonyl (C=O) groups excluding carboxylic acids is 1. The van der Waals surface area contributed by atoms with Crippen LogP contribution in [0.2, 0.25) is 0 Å². The summed E-state index contributed by atoms with van der Waals surface area (Å²) in [6.45, 7) is 0. The van der Waals surface area contributed by atoms with E-state index in [9.17, 15) is 4.79 Å². The molecule has 0 fully saturated rings. The van der Waals surface area contributed by atoms with Gasteiger partial charge >= 0.3 is 0 Å². The van der Waals surface area contributed by atoms with Gasteiger partial charge in [-0.05, 0) is 12.2 Å². The van der Waals surface area contributed by atoms with Gasteiger partial charge < -0.3 is 15.1 Å². The van der Waals surface area contributed by atoms with Crippen molar-refractivity contribution in [2.45, 2.75) is 0 Å². The molecule has 0 aliphatic carbocycles. The van der Waals surface area contributed by atoms with Crippen molar-refractivity contribution in [2.24, 2.45) is 0 Å². The van der Waals surface area contributed by atoms with Gasteiger partial charge in [0.1, 0.15) is 5.69 Å². The molecule has 5 heteroatoms. The SMILES string of the molecule is O=Cc1[nH]c(=S)[nH]c1O. The van der Waals surface area contributed by atoms with Crippen molar-refractivity contribution in [3.63, 3.8) is 0 Å². The summed E-state index contributed by atoms with van der Waals surface area (Å²) in [6.07, 6.45) is 0.488. The molecule has 3 N–H and O–H groups in total. The van der Waals surface area contributed by atoms with E-state index in [-0.39, 0.29) is 16.3 Å². The van der Waals surface area contributed by atoms with Crippen molar-refractivity contribution in [1.29, 1.82) is 0 Å². The molecule has 0 saturated carbocycles. The number of aromatic hydroxyl groups is 1. The number of aromatic amines is 2. The topological polar surface area (TPSA) is 68.9 Å². The molecule has 0 radical (unpaired) electrons. The summed E-state index contributed by atoms with van der Waals surface area (Å²) in [6, 6.07) is 0. The summed E-state index contributed by atoms with van der Waals surface area (Å²) in [5, 5.41) is 8.75. The van der Waals surface area contributed by atoms with E-state index in [0.29, 0.717) is 6.29 Å². The predicted molar refractivity (Wildman–Crippen MR) is 33.0 cm³/mol. The maximum absolute atomic E-state index is 9.98. The van der Waals surface area contributed by atoms with Crippen molar-refractivity contribution in [3.8, 4) is 5.88 Å². The lowest BCUT2D eigenvalue weighted by molar-refractivity contribution is 0.111. The van der Waals surface area contributed by atoms with E-state index in [1.165, 1.54) is 0 Å². The average Bonchev–Trinajstić information content (AvgIpc) is 2.10. The molecule has 0 spiro atoms. The van der Waals surface area contributed by atoms with E-state index in [4.69, 9.17) is 5.11 Å². The highest BCUT2D eigenvalue weighted by molar-refractivity contribution is 7.71. The smallest absolute Gasteiger partial charge is 0.218 e. The summed E-state index contributed by atoms with van der Waals surface area (Å²) in [4.78, 5) is 14.8. The van der Waals surface area contributed by atoms with Crippen LogP contribution in [-0.4, -0.2) is 21.4 Å². The lowest BCUT2D eigenvalue weighted by Gasteiger charge is -1.78. The molecule has 0 aliphatic rings. The van der Waals surface area contributed by atoms with Gasteiger partial charge in [-0.15, -0.1) is 0 Å². The molecule has 0 bridgehead atoms. The van der Waals surface area contributed by atoms with E-state index < -0.39 is 0 Å². The Balaban J connectivity index is 3.31. The molecule has 0 amide bonds. The highest BCUT2D eigenvalue weighted by Gasteiger charge is 1.98. The zero-order valence-corrected chi connectivity index (χ0v) is 5.16. The highest BCUT2D eigenvalue weighted by atomic mass is 32.1. The zero-order chi connectivity index (χ0) is 6.85. The second kappa shape index (κ2) is 2.02. The van der Waals surface area contributed by atoms with E-state index >= 15 is 0 Å². The van der Waals surface area contributed by atoms with Crippen LogP contribution in [-0.2, 0) is 0 Å².